The minimum absolute atomic E-state index is 0.716. The van der Waals surface area contributed by atoms with Gasteiger partial charge in [-0.15, -0.1) is 0 Å². The molecule has 2 heteroatoms. The summed E-state index contributed by atoms with van der Waals surface area (Å²) >= 11 is 0. The van der Waals surface area contributed by atoms with E-state index in [9.17, 15) is 4.79 Å². The quantitative estimate of drug-likeness (QED) is 0.549. The Bertz CT molecular complexity index is 294. The van der Waals surface area contributed by atoms with Crippen LogP contribution in [0, 0.1) is 13.8 Å². The van der Waals surface area contributed by atoms with Crippen molar-refractivity contribution in [1.29, 1.82) is 0 Å². The Morgan fingerprint density at radius 3 is 2.85 bits per heavy atom. The highest BCUT2D eigenvalue weighted by Crippen LogP contribution is 2.10. The van der Waals surface area contributed by atoms with E-state index in [1.807, 2.05) is 0 Å². The molecule has 0 unspecified atom stereocenters. The van der Waals surface area contributed by atoms with E-state index in [-0.39, 0.29) is 0 Å². The smallest absolute Gasteiger partial charge is 0.207 e. The maximum absolute atomic E-state index is 10.0. The van der Waals surface area contributed by atoms with Gasteiger partial charge in [0.15, 0.2) is 0 Å². The summed E-state index contributed by atoms with van der Waals surface area (Å²) in [5.74, 6) is 0. The molecule has 2 nitrogen and oxygen atoms in total. The second-order valence-corrected chi connectivity index (χ2v) is 3.25. The number of carbonyl (C=O) groups is 1. The molecule has 0 bridgehead atoms. The molecule has 0 aromatic heterocycles. The predicted octanol–water partition coefficient (Wildman–Crippen LogP) is 1.59. The Morgan fingerprint density at radius 2 is 2.15 bits per heavy atom. The van der Waals surface area contributed by atoms with Crippen molar-refractivity contribution in [2.75, 3.05) is 6.54 Å². The maximum Gasteiger partial charge on any atom is 0.207 e. The zero-order valence-electron chi connectivity index (χ0n) is 8.13. The van der Waals surface area contributed by atoms with Crippen LogP contribution in [0.2, 0.25) is 0 Å². The van der Waals surface area contributed by atoms with Crippen LogP contribution in [0.3, 0.4) is 0 Å². The van der Waals surface area contributed by atoms with Crippen LogP contribution in [0.25, 0.3) is 0 Å². The summed E-state index contributed by atoms with van der Waals surface area (Å²) in [7, 11) is 0. The Balaban J connectivity index is 2.64. The third-order valence-corrected chi connectivity index (χ3v) is 2.13. The molecule has 0 aliphatic rings. The number of hydrogen-bond donors (Lipinski definition) is 1. The summed E-state index contributed by atoms with van der Waals surface area (Å²) < 4.78 is 0. The van der Waals surface area contributed by atoms with Gasteiger partial charge in [-0.25, -0.2) is 0 Å². The van der Waals surface area contributed by atoms with Gasteiger partial charge in [-0.05, 0) is 31.4 Å². The molecule has 0 aliphatic heterocycles. The van der Waals surface area contributed by atoms with Crippen LogP contribution in [-0.4, -0.2) is 13.0 Å². The van der Waals surface area contributed by atoms with Gasteiger partial charge >= 0.3 is 0 Å². The summed E-state index contributed by atoms with van der Waals surface area (Å²) in [4.78, 5) is 10.0. The third-order valence-electron chi connectivity index (χ3n) is 2.13. The van der Waals surface area contributed by atoms with Gasteiger partial charge in [-0.2, -0.15) is 0 Å². The first kappa shape index (κ1) is 9.78. The first-order valence-electron chi connectivity index (χ1n) is 4.47. The third kappa shape index (κ3) is 2.90. The predicted molar refractivity (Wildman–Crippen MR) is 53.7 cm³/mol. The first-order chi connectivity index (χ1) is 6.24. The van der Waals surface area contributed by atoms with Crippen molar-refractivity contribution in [3.05, 3.63) is 34.9 Å². The number of carbonyl (C=O) groups excluding carboxylic acids is 1. The van der Waals surface area contributed by atoms with E-state index >= 15 is 0 Å². The normalized spacial score (nSPS) is 9.69. The van der Waals surface area contributed by atoms with Gasteiger partial charge in [0.25, 0.3) is 0 Å². The van der Waals surface area contributed by atoms with Crippen LogP contribution in [-0.2, 0) is 11.2 Å². The van der Waals surface area contributed by atoms with E-state index in [0.29, 0.717) is 6.54 Å². The molecule has 0 atom stereocenters. The second-order valence-electron chi connectivity index (χ2n) is 3.25. The van der Waals surface area contributed by atoms with Crippen LogP contribution in [0.1, 0.15) is 16.7 Å². The molecule has 0 heterocycles. The number of nitrogens with one attached hydrogen (secondary N) is 1. The van der Waals surface area contributed by atoms with Crippen molar-refractivity contribution < 1.29 is 4.79 Å². The second kappa shape index (κ2) is 4.65. The van der Waals surface area contributed by atoms with Crippen molar-refractivity contribution in [3.8, 4) is 0 Å². The molecule has 1 N–H and O–H groups in total. The minimum Gasteiger partial charge on any atom is -0.358 e. The van der Waals surface area contributed by atoms with Gasteiger partial charge in [0.05, 0.1) is 0 Å². The molecule has 70 valence electrons. The van der Waals surface area contributed by atoms with Gasteiger partial charge in [0.2, 0.25) is 6.41 Å². The van der Waals surface area contributed by atoms with Crippen molar-refractivity contribution >= 4 is 6.41 Å². The SMILES string of the molecule is Cc1ccc(C)c(CCNC=O)c1. The lowest BCUT2D eigenvalue weighted by molar-refractivity contribution is -0.109. The number of rotatable bonds is 4. The van der Waals surface area contributed by atoms with E-state index in [0.717, 1.165) is 12.8 Å². The van der Waals surface area contributed by atoms with Gasteiger partial charge in [-0.3, -0.25) is 4.79 Å². The first-order valence-corrected chi connectivity index (χ1v) is 4.47. The standard InChI is InChI=1S/C11H15NO/c1-9-3-4-10(2)11(7-9)5-6-12-8-13/h3-4,7-8H,5-6H2,1-2H3,(H,12,13). The summed E-state index contributed by atoms with van der Waals surface area (Å²) in [6, 6.07) is 6.39. The van der Waals surface area contributed by atoms with Crippen LogP contribution in [0.15, 0.2) is 18.2 Å². The zero-order chi connectivity index (χ0) is 9.68. The lowest BCUT2D eigenvalue weighted by Gasteiger charge is -2.06. The van der Waals surface area contributed by atoms with Crippen LogP contribution in [0.5, 0.6) is 0 Å². The summed E-state index contributed by atoms with van der Waals surface area (Å²) in [6.07, 6.45) is 1.65. The van der Waals surface area contributed by atoms with E-state index in [1.165, 1.54) is 16.7 Å². The molecular weight excluding hydrogens is 162 g/mol. The van der Waals surface area contributed by atoms with Gasteiger partial charge < -0.3 is 5.32 Å². The van der Waals surface area contributed by atoms with E-state index in [2.05, 4.69) is 37.4 Å². The van der Waals surface area contributed by atoms with Gasteiger partial charge in [0, 0.05) is 6.54 Å². The van der Waals surface area contributed by atoms with Crippen LogP contribution < -0.4 is 5.32 Å². The van der Waals surface area contributed by atoms with E-state index in [4.69, 9.17) is 0 Å². The molecule has 0 spiro atoms. The Kier molecular flexibility index (Phi) is 3.50. The van der Waals surface area contributed by atoms with Crippen molar-refractivity contribution in [3.63, 3.8) is 0 Å². The molecule has 0 aliphatic carbocycles. The Morgan fingerprint density at radius 1 is 1.38 bits per heavy atom. The molecule has 1 aromatic rings. The highest BCUT2D eigenvalue weighted by Gasteiger charge is 1.97. The Hall–Kier alpha value is -1.31. The van der Waals surface area contributed by atoms with Gasteiger partial charge in [-0.1, -0.05) is 23.8 Å². The average Bonchev–Trinajstić information content (AvgIpc) is 2.11. The van der Waals surface area contributed by atoms with E-state index in [1.54, 1.807) is 0 Å². The lowest BCUT2D eigenvalue weighted by atomic mass is 10.0. The molecule has 0 radical (unpaired) electrons. The molecule has 1 amide bonds. The fourth-order valence-corrected chi connectivity index (χ4v) is 1.34. The number of aryl methyl sites for hydroxylation is 2. The van der Waals surface area contributed by atoms with Crippen molar-refractivity contribution in [2.45, 2.75) is 20.3 Å². The molecule has 0 saturated carbocycles. The topological polar surface area (TPSA) is 29.1 Å². The summed E-state index contributed by atoms with van der Waals surface area (Å²) in [6.45, 7) is 4.89. The number of hydrogen-bond acceptors (Lipinski definition) is 1. The highest BCUT2D eigenvalue weighted by molar-refractivity contribution is 5.46. The van der Waals surface area contributed by atoms with Crippen LogP contribution >= 0.6 is 0 Å². The average molecular weight is 177 g/mol. The number of amides is 1. The molecule has 13 heavy (non-hydrogen) atoms. The van der Waals surface area contributed by atoms with Crippen molar-refractivity contribution in [2.24, 2.45) is 0 Å². The minimum atomic E-state index is 0.716. The van der Waals surface area contributed by atoms with E-state index < -0.39 is 0 Å². The number of benzene rings is 1. The maximum atomic E-state index is 10.0. The molecule has 1 rings (SSSR count). The fourth-order valence-electron chi connectivity index (χ4n) is 1.34. The fraction of sp³-hybridized carbons (Fsp3) is 0.364. The Labute approximate surface area is 79.0 Å². The molecular formula is C11H15NO. The molecule has 1 aromatic carbocycles. The zero-order valence-corrected chi connectivity index (χ0v) is 8.13. The van der Waals surface area contributed by atoms with Gasteiger partial charge in [0.1, 0.15) is 0 Å². The lowest BCUT2D eigenvalue weighted by Crippen LogP contribution is -2.14. The van der Waals surface area contributed by atoms with Crippen LogP contribution in [0.4, 0.5) is 0 Å². The molecule has 0 fully saturated rings. The molecule has 0 saturated heterocycles. The monoisotopic (exact) mass is 177 g/mol. The summed E-state index contributed by atoms with van der Waals surface area (Å²) in [5.41, 5.74) is 3.87. The van der Waals surface area contributed by atoms with Crippen molar-refractivity contribution in [1.82, 2.24) is 5.32 Å². The highest BCUT2D eigenvalue weighted by atomic mass is 16.1. The largest absolute Gasteiger partial charge is 0.358 e. The summed E-state index contributed by atoms with van der Waals surface area (Å²) in [5, 5.41) is 2.66.